The Morgan fingerprint density at radius 1 is 1.14 bits per heavy atom. The molecule has 2 heterocycles. The van der Waals surface area contributed by atoms with Crippen molar-refractivity contribution < 1.29 is 14.7 Å². The Balaban J connectivity index is 1.69. The van der Waals surface area contributed by atoms with Gasteiger partial charge in [0.15, 0.2) is 10.8 Å². The van der Waals surface area contributed by atoms with E-state index in [1.54, 1.807) is 18.2 Å². The summed E-state index contributed by atoms with van der Waals surface area (Å²) in [5, 5.41) is 10.4. The van der Waals surface area contributed by atoms with Crippen LogP contribution >= 0.6 is 11.8 Å². The topological polar surface area (TPSA) is 96.0 Å². The second-order valence-electron chi connectivity index (χ2n) is 8.41. The number of rotatable bonds is 3. The quantitative estimate of drug-likeness (QED) is 0.813. The van der Waals surface area contributed by atoms with Crippen LogP contribution < -0.4 is 10.6 Å². The van der Waals surface area contributed by atoms with Gasteiger partial charge in [-0.3, -0.25) is 9.59 Å². The van der Waals surface area contributed by atoms with E-state index in [1.165, 1.54) is 10.5 Å². The number of hydrogen-bond acceptors (Lipinski definition) is 5. The first-order valence-electron chi connectivity index (χ1n) is 9.40. The minimum Gasteiger partial charge on any atom is -0.378 e. The third kappa shape index (κ3) is 3.14. The number of benzene rings is 2. The fraction of sp³-hybridized carbons (Fsp3) is 0.318. The Kier molecular flexibility index (Phi) is 4.55. The summed E-state index contributed by atoms with van der Waals surface area (Å²) in [6.45, 7) is 6.73. The predicted octanol–water partition coefficient (Wildman–Crippen LogP) is 2.68. The maximum absolute atomic E-state index is 13.4. The molecule has 2 aromatic rings. The lowest BCUT2D eigenvalue weighted by Crippen LogP contribution is -2.49. The van der Waals surface area contributed by atoms with Crippen LogP contribution in [0.2, 0.25) is 0 Å². The molecule has 6 nitrogen and oxygen atoms in total. The Morgan fingerprint density at radius 2 is 1.79 bits per heavy atom. The fourth-order valence-corrected chi connectivity index (χ4v) is 4.73. The Bertz CT molecular complexity index is 1030. The molecule has 2 aromatic carbocycles. The molecule has 0 saturated heterocycles. The van der Waals surface area contributed by atoms with Gasteiger partial charge < -0.3 is 15.7 Å². The minimum absolute atomic E-state index is 0.0365. The van der Waals surface area contributed by atoms with Crippen molar-refractivity contribution in [2.45, 2.75) is 43.6 Å². The highest BCUT2D eigenvalue weighted by Crippen LogP contribution is 2.47. The van der Waals surface area contributed by atoms with Gasteiger partial charge in [0.05, 0.1) is 12.2 Å². The zero-order chi connectivity index (χ0) is 21.0. The van der Waals surface area contributed by atoms with Gasteiger partial charge in [-0.25, -0.2) is 0 Å². The van der Waals surface area contributed by atoms with Crippen LogP contribution in [0.15, 0.2) is 53.5 Å². The van der Waals surface area contributed by atoms with Crippen molar-refractivity contribution in [1.82, 2.24) is 0 Å². The highest BCUT2D eigenvalue weighted by Gasteiger charge is 2.59. The van der Waals surface area contributed by atoms with Gasteiger partial charge in [0.1, 0.15) is 5.25 Å². The lowest BCUT2D eigenvalue weighted by Gasteiger charge is -2.27. The molecule has 0 saturated carbocycles. The SMILES string of the molecule is CC(C)(C)c1ccc(CN2C(=O)C(O)(C3SC(N)=NC3=O)c3ccccc32)cc1. The molecule has 3 N–H and O–H groups in total. The Labute approximate surface area is 173 Å². The smallest absolute Gasteiger partial charge is 0.265 e. The number of carbonyl (C=O) groups is 2. The number of nitrogens with zero attached hydrogens (tertiary/aromatic N) is 2. The van der Waals surface area contributed by atoms with E-state index in [0.717, 1.165) is 17.3 Å². The molecule has 0 aromatic heterocycles. The largest absolute Gasteiger partial charge is 0.378 e. The average Bonchev–Trinajstić information content (AvgIpc) is 3.12. The van der Waals surface area contributed by atoms with E-state index in [0.29, 0.717) is 17.8 Å². The normalized spacial score (nSPS) is 24.1. The summed E-state index contributed by atoms with van der Waals surface area (Å²) in [5.41, 5.74) is 6.86. The third-order valence-corrected chi connectivity index (χ3v) is 6.51. The van der Waals surface area contributed by atoms with Gasteiger partial charge in [-0.05, 0) is 22.6 Å². The highest BCUT2D eigenvalue weighted by atomic mass is 32.2. The van der Waals surface area contributed by atoms with Crippen molar-refractivity contribution in [3.63, 3.8) is 0 Å². The number of amides is 2. The number of nitrogens with two attached hydrogens (primary N) is 1. The third-order valence-electron chi connectivity index (χ3n) is 5.40. The number of para-hydroxylation sites is 1. The molecule has 7 heteroatoms. The van der Waals surface area contributed by atoms with Crippen LogP contribution in [-0.2, 0) is 27.1 Å². The fourth-order valence-electron chi connectivity index (χ4n) is 3.79. The van der Waals surface area contributed by atoms with Crippen molar-refractivity contribution in [3.8, 4) is 0 Å². The summed E-state index contributed by atoms with van der Waals surface area (Å²) in [4.78, 5) is 30.9. The van der Waals surface area contributed by atoms with Crippen LogP contribution in [0.5, 0.6) is 0 Å². The van der Waals surface area contributed by atoms with Gasteiger partial charge in [-0.2, -0.15) is 4.99 Å². The molecule has 2 atom stereocenters. The first kappa shape index (κ1) is 19.7. The average molecular weight is 410 g/mol. The number of aliphatic imine (C=N–C) groups is 1. The number of aliphatic hydroxyl groups is 1. The van der Waals surface area contributed by atoms with Gasteiger partial charge in [0, 0.05) is 5.56 Å². The first-order chi connectivity index (χ1) is 13.6. The molecular weight excluding hydrogens is 386 g/mol. The summed E-state index contributed by atoms with van der Waals surface area (Å²) >= 11 is 0.931. The molecule has 0 aliphatic carbocycles. The standard InChI is InChI=1S/C22H23N3O3S/c1-21(2,3)14-10-8-13(9-11-14)12-25-16-7-5-4-6-15(16)22(28,19(25)27)17-18(26)24-20(23)29-17/h4-11,17,28H,12H2,1-3H3,(H2,23,24,26). The van der Waals surface area contributed by atoms with Gasteiger partial charge in [0.2, 0.25) is 0 Å². The number of carbonyl (C=O) groups excluding carboxylic acids is 2. The lowest BCUT2D eigenvalue weighted by molar-refractivity contribution is -0.140. The van der Waals surface area contributed by atoms with Gasteiger partial charge in [0.25, 0.3) is 11.8 Å². The van der Waals surface area contributed by atoms with E-state index < -0.39 is 22.7 Å². The molecule has 0 spiro atoms. The number of anilines is 1. The van der Waals surface area contributed by atoms with Crippen molar-refractivity contribution in [2.24, 2.45) is 10.7 Å². The van der Waals surface area contributed by atoms with Crippen LogP contribution in [0, 0.1) is 0 Å². The van der Waals surface area contributed by atoms with E-state index in [-0.39, 0.29) is 10.6 Å². The zero-order valence-electron chi connectivity index (χ0n) is 16.5. The van der Waals surface area contributed by atoms with Crippen LogP contribution in [0.25, 0.3) is 0 Å². The number of hydrogen-bond donors (Lipinski definition) is 2. The van der Waals surface area contributed by atoms with Crippen molar-refractivity contribution >= 4 is 34.4 Å². The van der Waals surface area contributed by atoms with E-state index in [2.05, 4.69) is 37.9 Å². The van der Waals surface area contributed by atoms with Crippen LogP contribution in [0.3, 0.4) is 0 Å². The molecule has 4 rings (SSSR count). The van der Waals surface area contributed by atoms with Crippen molar-refractivity contribution in [3.05, 3.63) is 65.2 Å². The maximum Gasteiger partial charge on any atom is 0.265 e. The molecule has 0 fully saturated rings. The van der Waals surface area contributed by atoms with Gasteiger partial charge in [-0.15, -0.1) is 0 Å². The molecule has 150 valence electrons. The van der Waals surface area contributed by atoms with Crippen LogP contribution in [0.1, 0.15) is 37.5 Å². The summed E-state index contributed by atoms with van der Waals surface area (Å²) in [5.74, 6) is -1.12. The lowest BCUT2D eigenvalue weighted by atomic mass is 9.87. The Morgan fingerprint density at radius 3 is 2.38 bits per heavy atom. The second-order valence-corrected chi connectivity index (χ2v) is 9.53. The number of amidine groups is 1. The molecule has 2 aliphatic rings. The van der Waals surface area contributed by atoms with Crippen LogP contribution in [0.4, 0.5) is 5.69 Å². The summed E-state index contributed by atoms with van der Waals surface area (Å²) in [6.07, 6.45) is 0. The van der Waals surface area contributed by atoms with Crippen molar-refractivity contribution in [2.75, 3.05) is 4.90 Å². The van der Waals surface area contributed by atoms with E-state index in [4.69, 9.17) is 5.73 Å². The summed E-state index contributed by atoms with van der Waals surface area (Å²) < 4.78 is 0. The molecule has 0 bridgehead atoms. The minimum atomic E-state index is -1.99. The molecular formula is C22H23N3O3S. The van der Waals surface area contributed by atoms with E-state index in [1.807, 2.05) is 18.2 Å². The van der Waals surface area contributed by atoms with Crippen LogP contribution in [-0.4, -0.2) is 27.3 Å². The summed E-state index contributed by atoms with van der Waals surface area (Å²) in [6, 6.07) is 15.1. The number of fused-ring (bicyclic) bond motifs is 1. The molecule has 2 unspecified atom stereocenters. The first-order valence-corrected chi connectivity index (χ1v) is 10.3. The monoisotopic (exact) mass is 409 g/mol. The number of thioether (sulfide) groups is 1. The Hall–Kier alpha value is -2.64. The highest BCUT2D eigenvalue weighted by molar-refractivity contribution is 8.15. The molecule has 0 radical (unpaired) electrons. The molecule has 29 heavy (non-hydrogen) atoms. The molecule has 2 aliphatic heterocycles. The van der Waals surface area contributed by atoms with E-state index in [9.17, 15) is 14.7 Å². The van der Waals surface area contributed by atoms with Crippen molar-refractivity contribution in [1.29, 1.82) is 0 Å². The van der Waals surface area contributed by atoms with E-state index >= 15 is 0 Å². The van der Waals surface area contributed by atoms with Gasteiger partial charge >= 0.3 is 0 Å². The maximum atomic E-state index is 13.4. The predicted molar refractivity (Wildman–Crippen MR) is 115 cm³/mol. The zero-order valence-corrected chi connectivity index (χ0v) is 17.4. The second kappa shape index (κ2) is 6.71. The van der Waals surface area contributed by atoms with Gasteiger partial charge in [-0.1, -0.05) is 75.0 Å². The molecule has 2 amide bonds. The summed E-state index contributed by atoms with van der Waals surface area (Å²) in [7, 11) is 0.